The maximum absolute atomic E-state index is 11.6. The number of amides is 1. The van der Waals surface area contributed by atoms with Gasteiger partial charge in [-0.05, 0) is 24.0 Å². The lowest BCUT2D eigenvalue weighted by Gasteiger charge is -2.08. The standard InChI is InChI=1S/C9H12N4O3/c14-9(11-6-3-4-10-5-6)7-1-2-8(12-7)13(15)16/h1-2,6,10,12H,3-5H2,(H,11,14). The Kier molecular flexibility index (Phi) is 2.86. The SMILES string of the molecule is O=C(NC1CCNC1)c1ccc([N+](=O)[O-])[nH]1. The summed E-state index contributed by atoms with van der Waals surface area (Å²) < 4.78 is 0. The zero-order valence-corrected chi connectivity index (χ0v) is 8.53. The van der Waals surface area contributed by atoms with Gasteiger partial charge in [-0.25, -0.2) is 4.98 Å². The zero-order valence-electron chi connectivity index (χ0n) is 8.53. The molecule has 0 aromatic carbocycles. The molecule has 86 valence electrons. The van der Waals surface area contributed by atoms with Gasteiger partial charge in [0.15, 0.2) is 5.69 Å². The summed E-state index contributed by atoms with van der Waals surface area (Å²) in [7, 11) is 0. The summed E-state index contributed by atoms with van der Waals surface area (Å²) in [5, 5.41) is 16.3. The molecule has 1 aliphatic heterocycles. The van der Waals surface area contributed by atoms with Crippen molar-refractivity contribution in [3.63, 3.8) is 0 Å². The van der Waals surface area contributed by atoms with E-state index in [0.29, 0.717) is 0 Å². The van der Waals surface area contributed by atoms with Crippen LogP contribution in [0, 0.1) is 10.1 Å². The Hall–Kier alpha value is -1.89. The third-order valence-corrected chi connectivity index (χ3v) is 2.51. The molecule has 16 heavy (non-hydrogen) atoms. The van der Waals surface area contributed by atoms with E-state index in [2.05, 4.69) is 15.6 Å². The van der Waals surface area contributed by atoms with Crippen LogP contribution in [0.4, 0.5) is 5.82 Å². The quantitative estimate of drug-likeness (QED) is 0.497. The highest BCUT2D eigenvalue weighted by molar-refractivity contribution is 5.93. The minimum Gasteiger partial charge on any atom is -0.358 e. The molecule has 0 bridgehead atoms. The number of nitrogens with zero attached hydrogens (tertiary/aromatic N) is 1. The summed E-state index contributed by atoms with van der Waals surface area (Å²) in [6.07, 6.45) is 0.883. The summed E-state index contributed by atoms with van der Waals surface area (Å²) >= 11 is 0. The average molecular weight is 224 g/mol. The Bertz CT molecular complexity index is 409. The van der Waals surface area contributed by atoms with Crippen molar-refractivity contribution in [3.05, 3.63) is 27.9 Å². The van der Waals surface area contributed by atoms with Gasteiger partial charge in [-0.3, -0.25) is 4.79 Å². The first-order chi connectivity index (χ1) is 7.66. The van der Waals surface area contributed by atoms with Crippen LogP contribution < -0.4 is 10.6 Å². The fraction of sp³-hybridized carbons (Fsp3) is 0.444. The lowest BCUT2D eigenvalue weighted by molar-refractivity contribution is -0.389. The number of carbonyl (C=O) groups is 1. The van der Waals surface area contributed by atoms with Crippen LogP contribution in [0.3, 0.4) is 0 Å². The Labute approximate surface area is 91.4 Å². The van der Waals surface area contributed by atoms with Gasteiger partial charge in [-0.2, -0.15) is 0 Å². The van der Waals surface area contributed by atoms with Gasteiger partial charge < -0.3 is 20.7 Å². The van der Waals surface area contributed by atoms with E-state index in [1.165, 1.54) is 12.1 Å². The van der Waals surface area contributed by atoms with Crippen molar-refractivity contribution < 1.29 is 9.72 Å². The number of nitrogens with one attached hydrogen (secondary N) is 3. The molecule has 1 amide bonds. The molecular weight excluding hydrogens is 212 g/mol. The number of aromatic amines is 1. The Morgan fingerprint density at radius 1 is 1.56 bits per heavy atom. The molecule has 1 atom stereocenters. The van der Waals surface area contributed by atoms with Gasteiger partial charge in [0.05, 0.1) is 0 Å². The highest BCUT2D eigenvalue weighted by Crippen LogP contribution is 2.10. The van der Waals surface area contributed by atoms with Gasteiger partial charge >= 0.3 is 5.82 Å². The number of H-pyrrole nitrogens is 1. The van der Waals surface area contributed by atoms with Crippen LogP contribution in [0.1, 0.15) is 16.9 Å². The molecule has 7 heteroatoms. The zero-order chi connectivity index (χ0) is 11.5. The second kappa shape index (κ2) is 4.31. The maximum atomic E-state index is 11.6. The van der Waals surface area contributed by atoms with Crippen molar-refractivity contribution in [2.75, 3.05) is 13.1 Å². The number of hydrogen-bond acceptors (Lipinski definition) is 4. The van der Waals surface area contributed by atoms with Gasteiger partial charge in [0.1, 0.15) is 0 Å². The molecule has 0 aliphatic carbocycles. The smallest absolute Gasteiger partial charge is 0.321 e. The molecule has 0 spiro atoms. The summed E-state index contributed by atoms with van der Waals surface area (Å²) in [5.74, 6) is -0.475. The second-order valence-corrected chi connectivity index (χ2v) is 3.68. The predicted octanol–water partition coefficient (Wildman–Crippen LogP) is 0.0146. The van der Waals surface area contributed by atoms with Crippen LogP contribution in [-0.4, -0.2) is 34.9 Å². The van der Waals surface area contributed by atoms with Crippen LogP contribution in [0.2, 0.25) is 0 Å². The van der Waals surface area contributed by atoms with Crippen molar-refractivity contribution in [3.8, 4) is 0 Å². The summed E-state index contributed by atoms with van der Waals surface area (Å²) in [6, 6.07) is 2.80. The summed E-state index contributed by atoms with van der Waals surface area (Å²) in [6.45, 7) is 1.63. The number of nitro groups is 1. The third-order valence-electron chi connectivity index (χ3n) is 2.51. The molecule has 0 radical (unpaired) electrons. The molecule has 1 aromatic heterocycles. The normalized spacial score (nSPS) is 19.6. The van der Waals surface area contributed by atoms with E-state index in [9.17, 15) is 14.9 Å². The Balaban J connectivity index is 1.99. The third kappa shape index (κ3) is 2.19. The van der Waals surface area contributed by atoms with Gasteiger partial charge in [-0.1, -0.05) is 0 Å². The highest BCUT2D eigenvalue weighted by Gasteiger charge is 2.20. The number of carbonyl (C=O) groups excluding carboxylic acids is 1. The van der Waals surface area contributed by atoms with E-state index in [1.807, 2.05) is 0 Å². The summed E-state index contributed by atoms with van der Waals surface area (Å²) in [5.41, 5.74) is 0.221. The summed E-state index contributed by atoms with van der Waals surface area (Å²) in [4.78, 5) is 24.0. The first-order valence-corrected chi connectivity index (χ1v) is 5.02. The first kappa shape index (κ1) is 10.6. The Morgan fingerprint density at radius 3 is 2.94 bits per heavy atom. The fourth-order valence-corrected chi connectivity index (χ4v) is 1.66. The predicted molar refractivity (Wildman–Crippen MR) is 56.2 cm³/mol. The molecule has 2 rings (SSSR count). The van der Waals surface area contributed by atoms with Gasteiger partial charge in [0.2, 0.25) is 0 Å². The van der Waals surface area contributed by atoms with Crippen molar-refractivity contribution in [2.45, 2.75) is 12.5 Å². The van der Waals surface area contributed by atoms with Crippen LogP contribution >= 0.6 is 0 Å². The van der Waals surface area contributed by atoms with Crippen LogP contribution in [-0.2, 0) is 0 Å². The molecule has 1 saturated heterocycles. The van der Waals surface area contributed by atoms with E-state index in [-0.39, 0.29) is 23.5 Å². The largest absolute Gasteiger partial charge is 0.358 e. The first-order valence-electron chi connectivity index (χ1n) is 5.02. The van der Waals surface area contributed by atoms with Crippen molar-refractivity contribution >= 4 is 11.7 Å². The molecular formula is C9H12N4O3. The van der Waals surface area contributed by atoms with Crippen molar-refractivity contribution in [1.82, 2.24) is 15.6 Å². The van der Waals surface area contributed by atoms with E-state index in [1.54, 1.807) is 0 Å². The highest BCUT2D eigenvalue weighted by atomic mass is 16.6. The van der Waals surface area contributed by atoms with Gasteiger partial charge in [-0.15, -0.1) is 0 Å². The minimum absolute atomic E-state index is 0.106. The monoisotopic (exact) mass is 224 g/mol. The lowest BCUT2D eigenvalue weighted by atomic mass is 10.2. The average Bonchev–Trinajstić information content (AvgIpc) is 2.86. The second-order valence-electron chi connectivity index (χ2n) is 3.68. The van der Waals surface area contributed by atoms with E-state index in [0.717, 1.165) is 19.5 Å². The fourth-order valence-electron chi connectivity index (χ4n) is 1.66. The minimum atomic E-state index is -0.562. The molecule has 1 aromatic rings. The molecule has 1 aliphatic rings. The number of aromatic nitrogens is 1. The molecule has 3 N–H and O–H groups in total. The van der Waals surface area contributed by atoms with E-state index < -0.39 is 4.92 Å². The van der Waals surface area contributed by atoms with Gasteiger partial charge in [0, 0.05) is 18.7 Å². The van der Waals surface area contributed by atoms with Crippen molar-refractivity contribution in [1.29, 1.82) is 0 Å². The van der Waals surface area contributed by atoms with Crippen LogP contribution in [0.25, 0.3) is 0 Å². The Morgan fingerprint density at radius 2 is 2.38 bits per heavy atom. The molecule has 1 fully saturated rings. The maximum Gasteiger partial charge on any atom is 0.321 e. The topological polar surface area (TPSA) is 100 Å². The lowest BCUT2D eigenvalue weighted by Crippen LogP contribution is -2.36. The molecule has 1 unspecified atom stereocenters. The molecule has 0 saturated carbocycles. The number of rotatable bonds is 3. The molecule has 7 nitrogen and oxygen atoms in total. The van der Waals surface area contributed by atoms with Crippen LogP contribution in [0.15, 0.2) is 12.1 Å². The number of hydrogen-bond donors (Lipinski definition) is 3. The van der Waals surface area contributed by atoms with E-state index >= 15 is 0 Å². The van der Waals surface area contributed by atoms with E-state index in [4.69, 9.17) is 0 Å². The molecule has 2 heterocycles. The van der Waals surface area contributed by atoms with Gasteiger partial charge in [0.25, 0.3) is 5.91 Å². The van der Waals surface area contributed by atoms with Crippen LogP contribution in [0.5, 0.6) is 0 Å². The van der Waals surface area contributed by atoms with Crippen molar-refractivity contribution in [2.24, 2.45) is 0 Å².